The summed E-state index contributed by atoms with van der Waals surface area (Å²) in [6.07, 6.45) is -0.619. The van der Waals surface area contributed by atoms with Crippen molar-refractivity contribution >= 4 is 28.7 Å². The van der Waals surface area contributed by atoms with Gasteiger partial charge < -0.3 is 14.3 Å². The molecule has 1 N–H and O–H groups in total. The molecule has 136 valence electrons. The zero-order chi connectivity index (χ0) is 18.8. The third kappa shape index (κ3) is 3.70. The highest BCUT2D eigenvalue weighted by Crippen LogP contribution is 2.32. The Kier molecular flexibility index (Phi) is 4.94. The van der Waals surface area contributed by atoms with E-state index in [-0.39, 0.29) is 23.6 Å². The van der Waals surface area contributed by atoms with E-state index in [1.807, 2.05) is 19.1 Å². The summed E-state index contributed by atoms with van der Waals surface area (Å²) in [6, 6.07) is 6.66. The average molecular weight is 378 g/mol. The number of carbonyl (C=O) groups is 1. The van der Waals surface area contributed by atoms with Crippen molar-refractivity contribution in [2.75, 3.05) is 0 Å². The summed E-state index contributed by atoms with van der Waals surface area (Å²) < 4.78 is 12.2. The monoisotopic (exact) mass is 377 g/mol. The molecule has 0 amide bonds. The summed E-state index contributed by atoms with van der Waals surface area (Å²) in [5.74, 6) is -1.33. The summed E-state index contributed by atoms with van der Waals surface area (Å²) in [7, 11) is 0. The fourth-order valence-electron chi connectivity index (χ4n) is 2.45. The van der Waals surface area contributed by atoms with E-state index in [2.05, 4.69) is 10.2 Å². The first-order valence-corrected chi connectivity index (χ1v) is 8.24. The molecule has 0 aliphatic rings. The molecule has 9 heteroatoms. The second-order valence-electron chi connectivity index (χ2n) is 5.77. The summed E-state index contributed by atoms with van der Waals surface area (Å²) in [5.41, 5.74) is 2.11. The number of halogens is 1. The van der Waals surface area contributed by atoms with E-state index in [0.29, 0.717) is 17.0 Å². The van der Waals surface area contributed by atoms with Crippen molar-refractivity contribution in [3.05, 3.63) is 51.2 Å². The number of aryl methyl sites for hydroxylation is 2. The lowest BCUT2D eigenvalue weighted by Crippen LogP contribution is -2.16. The van der Waals surface area contributed by atoms with Gasteiger partial charge in [-0.2, -0.15) is 10.2 Å². The van der Waals surface area contributed by atoms with E-state index in [4.69, 9.17) is 25.9 Å². The minimum atomic E-state index is -1.01. The van der Waals surface area contributed by atoms with E-state index in [9.17, 15) is 9.59 Å². The lowest BCUT2D eigenvalue weighted by atomic mass is 10.2. The first-order valence-electron chi connectivity index (χ1n) is 7.86. The van der Waals surface area contributed by atoms with Crippen LogP contribution in [0.1, 0.15) is 30.8 Å². The number of aromatic nitrogens is 3. The summed E-state index contributed by atoms with van der Waals surface area (Å²) >= 11 is 6.27. The highest BCUT2D eigenvalue weighted by atomic mass is 35.5. The SMILES string of the molecule is Cc1ccc([C@H](C)Oc2cc3oc(=O)n(CCC(=O)O)c3cc2Cl)nn1. The summed E-state index contributed by atoms with van der Waals surface area (Å²) in [6.45, 7) is 3.63. The Bertz CT molecular complexity index is 1010. The Balaban J connectivity index is 1.90. The van der Waals surface area contributed by atoms with Crippen LogP contribution in [0.2, 0.25) is 5.02 Å². The molecule has 0 bridgehead atoms. The predicted molar refractivity (Wildman–Crippen MR) is 93.5 cm³/mol. The van der Waals surface area contributed by atoms with Gasteiger partial charge >= 0.3 is 11.7 Å². The minimum Gasteiger partial charge on any atom is -0.483 e. The van der Waals surface area contributed by atoms with Gasteiger partial charge in [0.1, 0.15) is 17.5 Å². The van der Waals surface area contributed by atoms with Crippen LogP contribution in [-0.2, 0) is 11.3 Å². The number of ether oxygens (including phenoxy) is 1. The lowest BCUT2D eigenvalue weighted by molar-refractivity contribution is -0.137. The molecule has 8 nitrogen and oxygen atoms in total. The van der Waals surface area contributed by atoms with Gasteiger partial charge in [0.15, 0.2) is 5.58 Å². The highest BCUT2D eigenvalue weighted by molar-refractivity contribution is 6.32. The molecule has 0 saturated carbocycles. The van der Waals surface area contributed by atoms with Crippen LogP contribution in [0.3, 0.4) is 0 Å². The van der Waals surface area contributed by atoms with Gasteiger partial charge in [0, 0.05) is 12.6 Å². The number of rotatable bonds is 6. The predicted octanol–water partition coefficient (Wildman–Crippen LogP) is 2.96. The minimum absolute atomic E-state index is 0.00689. The molecular weight excluding hydrogens is 362 g/mol. The molecule has 0 saturated heterocycles. The number of oxazole rings is 1. The quantitative estimate of drug-likeness (QED) is 0.703. The Morgan fingerprint density at radius 3 is 2.81 bits per heavy atom. The molecule has 3 aromatic rings. The number of fused-ring (bicyclic) bond motifs is 1. The summed E-state index contributed by atoms with van der Waals surface area (Å²) in [5, 5.41) is 17.1. The fourth-order valence-corrected chi connectivity index (χ4v) is 2.65. The standard InChI is InChI=1S/C17H16ClN3O5/c1-9-3-4-12(20-19-9)10(2)25-14-8-15-13(7-11(14)18)21(17(24)26-15)6-5-16(22)23/h3-4,7-8,10H,5-6H2,1-2H3,(H,22,23)/t10-/m0/s1. The van der Waals surface area contributed by atoms with Gasteiger partial charge in [-0.1, -0.05) is 11.6 Å². The van der Waals surface area contributed by atoms with Gasteiger partial charge in [0.05, 0.1) is 22.7 Å². The first kappa shape index (κ1) is 17.9. The number of hydrogen-bond donors (Lipinski definition) is 1. The Labute approximate surface area is 153 Å². The normalized spacial score (nSPS) is 12.3. The third-order valence-electron chi connectivity index (χ3n) is 3.81. The third-order valence-corrected chi connectivity index (χ3v) is 4.11. The van der Waals surface area contributed by atoms with Gasteiger partial charge in [0.2, 0.25) is 0 Å². The number of nitrogens with zero attached hydrogens (tertiary/aromatic N) is 3. The Morgan fingerprint density at radius 2 is 2.15 bits per heavy atom. The van der Waals surface area contributed by atoms with Crippen LogP contribution in [0.25, 0.3) is 11.1 Å². The number of carboxylic acids is 1. The van der Waals surface area contributed by atoms with Crippen LogP contribution in [-0.4, -0.2) is 25.8 Å². The molecule has 0 spiro atoms. The second-order valence-corrected chi connectivity index (χ2v) is 6.18. The van der Waals surface area contributed by atoms with Crippen molar-refractivity contribution in [1.82, 2.24) is 14.8 Å². The summed E-state index contributed by atoms with van der Waals surface area (Å²) in [4.78, 5) is 22.7. The molecule has 1 aromatic carbocycles. The van der Waals surface area contributed by atoms with Gasteiger partial charge in [-0.15, -0.1) is 0 Å². The first-order chi connectivity index (χ1) is 12.3. The van der Waals surface area contributed by atoms with Crippen LogP contribution in [0.15, 0.2) is 33.5 Å². The molecule has 0 aliphatic heterocycles. The molecule has 0 radical (unpaired) electrons. The second kappa shape index (κ2) is 7.17. The molecule has 1 atom stereocenters. The van der Waals surface area contributed by atoms with Crippen molar-refractivity contribution in [1.29, 1.82) is 0 Å². The highest BCUT2D eigenvalue weighted by Gasteiger charge is 2.17. The van der Waals surface area contributed by atoms with Gasteiger partial charge in [-0.3, -0.25) is 9.36 Å². The fraction of sp³-hybridized carbons (Fsp3) is 0.294. The van der Waals surface area contributed by atoms with Crippen molar-refractivity contribution < 1.29 is 19.1 Å². The van der Waals surface area contributed by atoms with Crippen LogP contribution < -0.4 is 10.5 Å². The van der Waals surface area contributed by atoms with Crippen LogP contribution in [0.4, 0.5) is 0 Å². The van der Waals surface area contributed by atoms with E-state index < -0.39 is 17.8 Å². The zero-order valence-electron chi connectivity index (χ0n) is 14.1. The number of benzene rings is 1. The van der Waals surface area contributed by atoms with Crippen LogP contribution in [0.5, 0.6) is 5.75 Å². The number of hydrogen-bond acceptors (Lipinski definition) is 6. The van der Waals surface area contributed by atoms with Gasteiger partial charge in [0.25, 0.3) is 0 Å². The topological polar surface area (TPSA) is 107 Å². The molecule has 2 aromatic heterocycles. The zero-order valence-corrected chi connectivity index (χ0v) is 14.9. The lowest BCUT2D eigenvalue weighted by Gasteiger charge is -2.15. The van der Waals surface area contributed by atoms with E-state index in [1.54, 1.807) is 6.92 Å². The maximum atomic E-state index is 12.0. The van der Waals surface area contributed by atoms with Gasteiger partial charge in [-0.25, -0.2) is 4.79 Å². The van der Waals surface area contributed by atoms with Crippen molar-refractivity contribution in [2.45, 2.75) is 32.9 Å². The van der Waals surface area contributed by atoms with Crippen LogP contribution >= 0.6 is 11.6 Å². The van der Waals surface area contributed by atoms with E-state index in [1.165, 1.54) is 16.7 Å². The van der Waals surface area contributed by atoms with Gasteiger partial charge in [-0.05, 0) is 32.0 Å². The molecule has 0 fully saturated rings. The largest absolute Gasteiger partial charge is 0.483 e. The molecule has 2 heterocycles. The van der Waals surface area contributed by atoms with Crippen molar-refractivity contribution in [3.8, 4) is 5.75 Å². The number of carboxylic acid groups (broad SMARTS) is 1. The Hall–Kier alpha value is -2.87. The molecule has 0 unspecified atom stereocenters. The molecule has 3 rings (SSSR count). The Morgan fingerprint density at radius 1 is 1.38 bits per heavy atom. The molecular formula is C17H16ClN3O5. The maximum Gasteiger partial charge on any atom is 0.419 e. The number of aliphatic carboxylic acids is 1. The van der Waals surface area contributed by atoms with Crippen molar-refractivity contribution in [3.63, 3.8) is 0 Å². The van der Waals surface area contributed by atoms with E-state index >= 15 is 0 Å². The van der Waals surface area contributed by atoms with E-state index in [0.717, 1.165) is 5.69 Å². The van der Waals surface area contributed by atoms with Crippen molar-refractivity contribution in [2.24, 2.45) is 0 Å². The molecule has 0 aliphatic carbocycles. The van der Waals surface area contributed by atoms with Crippen LogP contribution in [0, 0.1) is 6.92 Å². The molecule has 26 heavy (non-hydrogen) atoms. The maximum absolute atomic E-state index is 12.0. The average Bonchev–Trinajstić information content (AvgIpc) is 2.88. The smallest absolute Gasteiger partial charge is 0.419 e.